The zero-order valence-corrected chi connectivity index (χ0v) is 32.3. The molecule has 1 heterocycles. The van der Waals surface area contributed by atoms with Crippen LogP contribution >= 0.6 is 0 Å². The normalized spacial score (nSPS) is 16.2. The number of rotatable bonds is 20. The molecule has 0 saturated heterocycles. The van der Waals surface area contributed by atoms with E-state index in [0.29, 0.717) is 23.4 Å². The van der Waals surface area contributed by atoms with E-state index in [-0.39, 0.29) is 49.3 Å². The fraction of sp³-hybridized carbons (Fsp3) is 0.513. The molecule has 54 heavy (non-hydrogen) atoms. The second kappa shape index (κ2) is 20.2. The Morgan fingerprint density at radius 1 is 0.944 bits per heavy atom. The van der Waals surface area contributed by atoms with Crippen LogP contribution in [-0.2, 0) is 34.3 Å². The highest BCUT2D eigenvalue weighted by atomic mass is 32.2. The van der Waals surface area contributed by atoms with Gasteiger partial charge in [0.2, 0.25) is 15.9 Å². The number of amides is 3. The predicted molar refractivity (Wildman–Crippen MR) is 206 cm³/mol. The monoisotopic (exact) mass is 763 g/mol. The Bertz CT molecular complexity index is 1790. The Morgan fingerprint density at radius 2 is 1.63 bits per heavy atom. The van der Waals surface area contributed by atoms with Gasteiger partial charge in [-0.1, -0.05) is 92.0 Å². The topological polar surface area (TPSA) is 191 Å². The minimum Gasteiger partial charge on any atom is -0.390 e. The highest BCUT2D eigenvalue weighted by molar-refractivity contribution is 7.89. The van der Waals surface area contributed by atoms with Gasteiger partial charge >= 0.3 is 6.03 Å². The van der Waals surface area contributed by atoms with Crippen LogP contribution in [0.3, 0.4) is 0 Å². The number of hydrogen-bond donors (Lipinski definition) is 3. The molecule has 15 heteroatoms. The van der Waals surface area contributed by atoms with E-state index in [1.807, 2.05) is 44.2 Å². The van der Waals surface area contributed by atoms with Crippen molar-refractivity contribution in [3.8, 4) is 0 Å². The summed E-state index contributed by atoms with van der Waals surface area (Å²) in [5.74, 6) is -0.687. The molecule has 292 valence electrons. The van der Waals surface area contributed by atoms with Gasteiger partial charge in [0.05, 0.1) is 35.0 Å². The van der Waals surface area contributed by atoms with Gasteiger partial charge in [-0.05, 0) is 73.4 Å². The number of nitroso groups, excluding NO2 is 2. The van der Waals surface area contributed by atoms with Gasteiger partial charge in [-0.15, -0.1) is 0 Å². The smallest absolute Gasteiger partial charge is 0.318 e. The molecule has 0 spiro atoms. The third-order valence-corrected chi connectivity index (χ3v) is 12.0. The number of benzene rings is 2. The Morgan fingerprint density at radius 3 is 2.26 bits per heavy atom. The van der Waals surface area contributed by atoms with Gasteiger partial charge in [0, 0.05) is 20.1 Å². The average molecular weight is 764 g/mol. The van der Waals surface area contributed by atoms with Crippen LogP contribution in [0.1, 0.15) is 81.4 Å². The maximum absolute atomic E-state index is 14.1. The van der Waals surface area contributed by atoms with E-state index in [4.69, 9.17) is 0 Å². The van der Waals surface area contributed by atoms with Crippen molar-refractivity contribution < 1.29 is 23.1 Å². The fourth-order valence-electron chi connectivity index (χ4n) is 6.63. The molecule has 1 fully saturated rings. The molecule has 3 N–H and O–H groups in total. The molecule has 4 rings (SSSR count). The van der Waals surface area contributed by atoms with Crippen LogP contribution in [0.4, 0.5) is 4.79 Å². The second-order valence-electron chi connectivity index (χ2n) is 14.3. The van der Waals surface area contributed by atoms with Crippen molar-refractivity contribution in [2.75, 3.05) is 20.1 Å². The lowest BCUT2D eigenvalue weighted by atomic mass is 9.96. The molecule has 1 aromatic heterocycles. The molecule has 3 aromatic rings. The average Bonchev–Trinajstić information content (AvgIpc) is 3.69. The molecule has 1 unspecified atom stereocenters. The standard InChI is InChI=1S/C39H53N7O7S/c1-5-27(2)37(43-39(49)45(4)25-32-16-11-17-34(41-32)28(3)44-51)38(48)42-35(22-29-12-7-6-8-13-29)36(47)26-46(24-31-14-9-10-15-31)54(52,53)33-20-18-30(19-21-33)23-40-50/h6-8,11-13,16-21,27-28,31,35-37,47H,5,9-10,14-15,22-26H2,1-4H3,(H,42,48)(H,43,49)/t27-,28?,35-,36+,37-/m0/s1. The summed E-state index contributed by atoms with van der Waals surface area (Å²) in [5, 5.41) is 23.6. The van der Waals surface area contributed by atoms with Crippen LogP contribution in [0, 0.1) is 21.6 Å². The Kier molecular flexibility index (Phi) is 15.8. The van der Waals surface area contributed by atoms with Gasteiger partial charge in [-0.2, -0.15) is 14.1 Å². The van der Waals surface area contributed by atoms with Gasteiger partial charge in [0.25, 0.3) is 0 Å². The van der Waals surface area contributed by atoms with E-state index in [1.165, 1.54) is 21.3 Å². The molecule has 14 nitrogen and oxygen atoms in total. The zero-order chi connectivity index (χ0) is 39.3. The Hall–Kier alpha value is -4.60. The first kappa shape index (κ1) is 42.1. The van der Waals surface area contributed by atoms with E-state index in [0.717, 1.165) is 31.2 Å². The lowest BCUT2D eigenvalue weighted by Crippen LogP contribution is -2.58. The fourth-order valence-corrected chi connectivity index (χ4v) is 8.17. The van der Waals surface area contributed by atoms with Crippen molar-refractivity contribution in [3.05, 3.63) is 105 Å². The SMILES string of the molecule is CC[C@H](C)[C@H](NC(=O)N(C)Cc1cccc(C(C)N=O)n1)C(=O)N[C@@H](Cc1ccccc1)[C@H](O)CN(CC1CCCC1)S(=O)(=O)c1ccc(CN=O)cc1. The van der Waals surface area contributed by atoms with E-state index in [1.54, 1.807) is 44.3 Å². The molecular formula is C39H53N7O7S. The molecular weight excluding hydrogens is 711 g/mol. The van der Waals surface area contributed by atoms with E-state index in [2.05, 4.69) is 26.0 Å². The van der Waals surface area contributed by atoms with Crippen molar-refractivity contribution in [2.24, 2.45) is 22.2 Å². The number of pyridine rings is 1. The van der Waals surface area contributed by atoms with Crippen LogP contribution < -0.4 is 10.6 Å². The number of hydrogen-bond acceptors (Lipinski definition) is 10. The second-order valence-corrected chi connectivity index (χ2v) is 16.2. The number of urea groups is 1. The lowest BCUT2D eigenvalue weighted by molar-refractivity contribution is -0.125. The number of aliphatic hydroxyl groups excluding tert-OH is 1. The van der Waals surface area contributed by atoms with E-state index in [9.17, 15) is 32.9 Å². The summed E-state index contributed by atoms with van der Waals surface area (Å²) < 4.78 is 29.5. The van der Waals surface area contributed by atoms with Crippen molar-refractivity contribution in [2.45, 2.75) is 102 Å². The van der Waals surface area contributed by atoms with Gasteiger partial charge in [0.15, 0.2) is 0 Å². The molecule has 3 amide bonds. The lowest BCUT2D eigenvalue weighted by Gasteiger charge is -2.33. The van der Waals surface area contributed by atoms with E-state index >= 15 is 0 Å². The van der Waals surface area contributed by atoms with Crippen LogP contribution in [-0.4, -0.2) is 78.0 Å². The third-order valence-electron chi connectivity index (χ3n) is 10.2. The highest BCUT2D eigenvalue weighted by Gasteiger charge is 2.35. The number of nitrogens with zero attached hydrogens (tertiary/aromatic N) is 5. The van der Waals surface area contributed by atoms with Crippen LogP contribution in [0.2, 0.25) is 0 Å². The van der Waals surface area contributed by atoms with Crippen molar-refractivity contribution in [3.63, 3.8) is 0 Å². The van der Waals surface area contributed by atoms with Gasteiger partial charge in [-0.3, -0.25) is 9.78 Å². The molecule has 5 atom stereocenters. The minimum absolute atomic E-state index is 0.0338. The number of carbonyl (C=O) groups excluding carboxylic acids is 2. The zero-order valence-electron chi connectivity index (χ0n) is 31.5. The summed E-state index contributed by atoms with van der Waals surface area (Å²) in [6.45, 7) is 5.35. The predicted octanol–water partition coefficient (Wildman–Crippen LogP) is 5.70. The molecule has 2 aromatic carbocycles. The van der Waals surface area contributed by atoms with Crippen molar-refractivity contribution in [1.29, 1.82) is 0 Å². The molecule has 0 radical (unpaired) electrons. The molecule has 0 aliphatic heterocycles. The summed E-state index contributed by atoms with van der Waals surface area (Å²) >= 11 is 0. The quantitative estimate of drug-likeness (QED) is 0.122. The van der Waals surface area contributed by atoms with Crippen LogP contribution in [0.5, 0.6) is 0 Å². The maximum Gasteiger partial charge on any atom is 0.318 e. The van der Waals surface area contributed by atoms with Gasteiger partial charge in [0.1, 0.15) is 18.6 Å². The number of sulfonamides is 1. The van der Waals surface area contributed by atoms with Gasteiger partial charge in [-0.25, -0.2) is 13.2 Å². The summed E-state index contributed by atoms with van der Waals surface area (Å²) in [5.41, 5.74) is 2.43. The Balaban J connectivity index is 1.56. The maximum atomic E-state index is 14.1. The van der Waals surface area contributed by atoms with Crippen LogP contribution in [0.25, 0.3) is 0 Å². The number of carbonyl (C=O) groups is 2. The van der Waals surface area contributed by atoms with E-state index < -0.39 is 46.2 Å². The number of aliphatic hydroxyl groups is 1. The van der Waals surface area contributed by atoms with Crippen molar-refractivity contribution >= 4 is 22.0 Å². The summed E-state index contributed by atoms with van der Waals surface area (Å²) in [6, 6.07) is 17.4. The number of nitrogens with one attached hydrogen (secondary N) is 2. The Labute approximate surface area is 318 Å². The summed E-state index contributed by atoms with van der Waals surface area (Å²) in [4.78, 5) is 55.3. The first-order valence-corrected chi connectivity index (χ1v) is 20.0. The van der Waals surface area contributed by atoms with Gasteiger partial charge < -0.3 is 20.6 Å². The minimum atomic E-state index is -4.08. The summed E-state index contributed by atoms with van der Waals surface area (Å²) in [6.07, 6.45) is 3.19. The molecule has 1 aliphatic carbocycles. The van der Waals surface area contributed by atoms with Crippen LogP contribution in [0.15, 0.2) is 88.0 Å². The first-order valence-electron chi connectivity index (χ1n) is 18.6. The summed E-state index contributed by atoms with van der Waals surface area (Å²) in [7, 11) is -2.51. The molecule has 0 bridgehead atoms. The number of aromatic nitrogens is 1. The molecule has 1 saturated carbocycles. The van der Waals surface area contributed by atoms with Crippen molar-refractivity contribution in [1.82, 2.24) is 24.8 Å². The highest BCUT2D eigenvalue weighted by Crippen LogP contribution is 2.28. The molecule has 1 aliphatic rings. The first-order chi connectivity index (χ1) is 25.9. The largest absolute Gasteiger partial charge is 0.390 e. The third kappa shape index (κ3) is 11.7.